The van der Waals surface area contributed by atoms with E-state index in [1.165, 1.54) is 128 Å². The zero-order valence-corrected chi connectivity index (χ0v) is 50.4. The van der Waals surface area contributed by atoms with Crippen LogP contribution >= 0.6 is 0 Å². The second-order valence-electron chi connectivity index (χ2n) is 21.3. The van der Waals surface area contributed by atoms with Crippen molar-refractivity contribution in [3.63, 3.8) is 0 Å². The molecule has 0 N–H and O–H groups in total. The van der Waals surface area contributed by atoms with Crippen molar-refractivity contribution >= 4 is 17.9 Å². The Balaban J connectivity index is 4.16. The first kappa shape index (κ1) is 73.1. The summed E-state index contributed by atoms with van der Waals surface area (Å²) in [5.74, 6) is -0.892. The van der Waals surface area contributed by atoms with Gasteiger partial charge in [-0.1, -0.05) is 291 Å². The van der Waals surface area contributed by atoms with E-state index < -0.39 is 6.10 Å². The summed E-state index contributed by atoms with van der Waals surface area (Å²) in [7, 11) is 0. The van der Waals surface area contributed by atoms with Crippen LogP contribution in [-0.2, 0) is 28.6 Å². The number of hydrogen-bond donors (Lipinski definition) is 0. The van der Waals surface area contributed by atoms with Gasteiger partial charge in [-0.2, -0.15) is 0 Å². The van der Waals surface area contributed by atoms with Crippen LogP contribution in [0.4, 0.5) is 0 Å². The maximum absolute atomic E-state index is 12.9. The zero-order chi connectivity index (χ0) is 55.7. The average molecular weight is 1070 g/mol. The Labute approximate surface area is 476 Å². The smallest absolute Gasteiger partial charge is 0.306 e. The summed E-state index contributed by atoms with van der Waals surface area (Å²) in [6, 6.07) is 0. The number of carbonyl (C=O) groups excluding carboxylic acids is 3. The lowest BCUT2D eigenvalue weighted by Crippen LogP contribution is -2.30. The Morgan fingerprint density at radius 1 is 0.273 bits per heavy atom. The summed E-state index contributed by atoms with van der Waals surface area (Å²) < 4.78 is 16.9. The number of allylic oxidation sites excluding steroid dienone is 18. The Bertz CT molecular complexity index is 1560. The van der Waals surface area contributed by atoms with Crippen LogP contribution in [0.5, 0.6) is 0 Å². The van der Waals surface area contributed by atoms with Gasteiger partial charge < -0.3 is 14.2 Å². The third kappa shape index (κ3) is 62.8. The molecule has 77 heavy (non-hydrogen) atoms. The topological polar surface area (TPSA) is 78.9 Å². The van der Waals surface area contributed by atoms with Gasteiger partial charge >= 0.3 is 17.9 Å². The fourth-order valence-corrected chi connectivity index (χ4v) is 8.99. The van der Waals surface area contributed by atoms with Crippen molar-refractivity contribution in [3.05, 3.63) is 109 Å². The van der Waals surface area contributed by atoms with Gasteiger partial charge in [-0.15, -0.1) is 0 Å². The summed E-state index contributed by atoms with van der Waals surface area (Å²) in [5, 5.41) is 0. The molecule has 0 spiro atoms. The number of unbranched alkanes of at least 4 members (excludes halogenated alkanes) is 29. The maximum Gasteiger partial charge on any atom is 0.306 e. The van der Waals surface area contributed by atoms with Crippen LogP contribution in [-0.4, -0.2) is 37.2 Å². The first-order valence-electron chi connectivity index (χ1n) is 32.4. The van der Waals surface area contributed by atoms with Crippen molar-refractivity contribution in [1.29, 1.82) is 0 Å². The summed E-state index contributed by atoms with van der Waals surface area (Å²) in [5.41, 5.74) is 0. The molecule has 0 heterocycles. The molecule has 6 heteroatoms. The molecule has 0 aromatic carbocycles. The van der Waals surface area contributed by atoms with Crippen molar-refractivity contribution in [2.24, 2.45) is 0 Å². The maximum atomic E-state index is 12.9. The molecule has 0 saturated heterocycles. The van der Waals surface area contributed by atoms with E-state index in [-0.39, 0.29) is 31.1 Å². The lowest BCUT2D eigenvalue weighted by Gasteiger charge is -2.18. The van der Waals surface area contributed by atoms with E-state index in [4.69, 9.17) is 14.2 Å². The monoisotopic (exact) mass is 1070 g/mol. The van der Waals surface area contributed by atoms with Crippen LogP contribution in [0.2, 0.25) is 0 Å². The molecule has 440 valence electrons. The molecule has 6 nitrogen and oxygen atoms in total. The molecule has 0 bridgehead atoms. The number of carbonyl (C=O) groups is 3. The van der Waals surface area contributed by atoms with Gasteiger partial charge in [0.25, 0.3) is 0 Å². The Hall–Kier alpha value is -3.93. The fraction of sp³-hybridized carbons (Fsp3) is 0.704. The van der Waals surface area contributed by atoms with E-state index in [9.17, 15) is 14.4 Å². The minimum absolute atomic E-state index is 0.0819. The predicted octanol–water partition coefficient (Wildman–Crippen LogP) is 22.2. The van der Waals surface area contributed by atoms with Crippen molar-refractivity contribution in [2.45, 2.75) is 309 Å². The zero-order valence-electron chi connectivity index (χ0n) is 50.4. The molecule has 0 fully saturated rings. The molecule has 0 aliphatic carbocycles. The summed E-state index contributed by atoms with van der Waals surface area (Å²) in [6.45, 7) is 6.41. The van der Waals surface area contributed by atoms with Crippen LogP contribution in [0.3, 0.4) is 0 Å². The molecule has 0 aliphatic heterocycles. The minimum atomic E-state index is -0.785. The van der Waals surface area contributed by atoms with E-state index in [2.05, 4.69) is 130 Å². The van der Waals surface area contributed by atoms with Gasteiger partial charge in [-0.25, -0.2) is 0 Å². The molecule has 0 amide bonds. The minimum Gasteiger partial charge on any atom is -0.462 e. The molecule has 0 aromatic rings. The lowest BCUT2D eigenvalue weighted by atomic mass is 10.0. The van der Waals surface area contributed by atoms with E-state index in [1.54, 1.807) is 0 Å². The fourth-order valence-electron chi connectivity index (χ4n) is 8.99. The van der Waals surface area contributed by atoms with Crippen LogP contribution < -0.4 is 0 Å². The first-order chi connectivity index (χ1) is 38.0. The van der Waals surface area contributed by atoms with Gasteiger partial charge in [0.1, 0.15) is 13.2 Å². The van der Waals surface area contributed by atoms with Crippen LogP contribution in [0, 0.1) is 0 Å². The van der Waals surface area contributed by atoms with Gasteiger partial charge in [-0.05, 0) is 103 Å². The molecule has 0 rings (SSSR count). The third-order valence-electron chi connectivity index (χ3n) is 13.8. The van der Waals surface area contributed by atoms with Crippen LogP contribution in [0.25, 0.3) is 0 Å². The molecule has 1 unspecified atom stereocenters. The lowest BCUT2D eigenvalue weighted by molar-refractivity contribution is -0.167. The van der Waals surface area contributed by atoms with Crippen LogP contribution in [0.1, 0.15) is 303 Å². The highest BCUT2D eigenvalue weighted by Crippen LogP contribution is 2.16. The standard InChI is InChI=1S/C71H120O6/c1-4-7-10-13-16-19-22-24-26-27-28-29-30-31-32-33-34-35-36-37-38-39-40-41-42-43-45-46-49-52-55-58-61-64-70(73)76-67-68(66-75-69(72)63-60-57-54-51-48-21-18-15-12-9-6-3)77-71(74)65-62-59-56-53-50-47-44-25-23-20-17-14-11-8-5-2/h7-8,10-11,16-17,19-20,24-26,28-29,31-32,34-35,44,68H,4-6,9,12-15,18,21-23,27,30,33,36-43,45-67H2,1-3H3/b10-7-,11-8-,19-16-,20-17-,26-24-,29-28-,32-31-,35-34-,44-25-. The van der Waals surface area contributed by atoms with Gasteiger partial charge in [0, 0.05) is 19.3 Å². The van der Waals surface area contributed by atoms with E-state index in [0.717, 1.165) is 135 Å². The number of ether oxygens (including phenoxy) is 3. The SMILES string of the molecule is CC/C=C\C/C=C\C/C=C\C/C=C\C/C=C\C/C=C\CCCCCCCCCCCCCCCCC(=O)OCC(COC(=O)CCCCCCCCCCCCC)OC(=O)CCCCCCC/C=C\C/C=C\C/C=C\CC. The number of esters is 3. The number of hydrogen-bond acceptors (Lipinski definition) is 6. The van der Waals surface area contributed by atoms with Crippen molar-refractivity contribution in [2.75, 3.05) is 13.2 Å². The molecule has 1 atom stereocenters. The van der Waals surface area contributed by atoms with Crippen LogP contribution in [0.15, 0.2) is 109 Å². The Morgan fingerprint density at radius 2 is 0.506 bits per heavy atom. The molecule has 0 aromatic heterocycles. The molecular weight excluding hydrogens is 949 g/mol. The quantitative estimate of drug-likeness (QED) is 0.0261. The molecule has 0 radical (unpaired) electrons. The largest absolute Gasteiger partial charge is 0.462 e. The molecule has 0 aliphatic rings. The second-order valence-corrected chi connectivity index (χ2v) is 21.3. The van der Waals surface area contributed by atoms with Crippen molar-refractivity contribution < 1.29 is 28.6 Å². The third-order valence-corrected chi connectivity index (χ3v) is 13.8. The second kappa shape index (κ2) is 64.6. The average Bonchev–Trinajstić information content (AvgIpc) is 3.43. The number of rotatable bonds is 58. The highest BCUT2D eigenvalue weighted by molar-refractivity contribution is 5.71. The summed E-state index contributed by atoms with van der Waals surface area (Å²) >= 11 is 0. The first-order valence-corrected chi connectivity index (χ1v) is 32.4. The summed E-state index contributed by atoms with van der Waals surface area (Å²) in [4.78, 5) is 38.2. The summed E-state index contributed by atoms with van der Waals surface area (Å²) in [6.07, 6.45) is 88.2. The Morgan fingerprint density at radius 3 is 0.792 bits per heavy atom. The molecule has 0 saturated carbocycles. The van der Waals surface area contributed by atoms with Gasteiger partial charge in [0.05, 0.1) is 0 Å². The van der Waals surface area contributed by atoms with Gasteiger partial charge in [0.2, 0.25) is 0 Å². The van der Waals surface area contributed by atoms with Crippen molar-refractivity contribution in [3.8, 4) is 0 Å². The van der Waals surface area contributed by atoms with Crippen molar-refractivity contribution in [1.82, 2.24) is 0 Å². The van der Waals surface area contributed by atoms with Gasteiger partial charge in [-0.3, -0.25) is 14.4 Å². The highest BCUT2D eigenvalue weighted by atomic mass is 16.6. The van der Waals surface area contributed by atoms with E-state index in [0.29, 0.717) is 19.3 Å². The van der Waals surface area contributed by atoms with E-state index in [1.807, 2.05) is 0 Å². The predicted molar refractivity (Wildman–Crippen MR) is 334 cm³/mol. The normalized spacial score (nSPS) is 12.8. The molecular formula is C71H120O6. The Kier molecular flexibility index (Phi) is 61.3. The van der Waals surface area contributed by atoms with Gasteiger partial charge in [0.15, 0.2) is 6.10 Å². The van der Waals surface area contributed by atoms with E-state index >= 15 is 0 Å². The highest BCUT2D eigenvalue weighted by Gasteiger charge is 2.19.